The molecular formula is C12H17N3O2. The lowest BCUT2D eigenvalue weighted by Crippen LogP contribution is -2.33. The van der Waals surface area contributed by atoms with Crippen molar-refractivity contribution in [2.75, 3.05) is 18.0 Å². The third kappa shape index (κ3) is 2.72. The molecule has 5 nitrogen and oxygen atoms in total. The highest BCUT2D eigenvalue weighted by Crippen LogP contribution is 2.28. The van der Waals surface area contributed by atoms with Crippen LogP contribution >= 0.6 is 0 Å². The van der Waals surface area contributed by atoms with Gasteiger partial charge in [-0.25, -0.2) is 4.79 Å². The van der Waals surface area contributed by atoms with E-state index >= 15 is 0 Å². The molecule has 5 heteroatoms. The molecule has 0 atom stereocenters. The Kier molecular flexibility index (Phi) is 3.56. The third-order valence-corrected chi connectivity index (χ3v) is 3.28. The predicted molar refractivity (Wildman–Crippen MR) is 64.2 cm³/mol. The second kappa shape index (κ2) is 5.12. The van der Waals surface area contributed by atoms with Crippen LogP contribution < -0.4 is 4.90 Å². The molecule has 0 aliphatic heterocycles. The van der Waals surface area contributed by atoms with Crippen molar-refractivity contribution >= 4 is 11.8 Å². The zero-order valence-electron chi connectivity index (χ0n) is 9.96. The topological polar surface area (TPSA) is 66.3 Å². The zero-order chi connectivity index (χ0) is 12.3. The molecule has 17 heavy (non-hydrogen) atoms. The van der Waals surface area contributed by atoms with Crippen molar-refractivity contribution in [2.24, 2.45) is 5.92 Å². The van der Waals surface area contributed by atoms with Crippen molar-refractivity contribution in [1.29, 1.82) is 0 Å². The number of hydrogen-bond acceptors (Lipinski definition) is 4. The summed E-state index contributed by atoms with van der Waals surface area (Å²) in [6, 6.07) is 3.24. The van der Waals surface area contributed by atoms with Crippen molar-refractivity contribution in [3.8, 4) is 0 Å². The van der Waals surface area contributed by atoms with Gasteiger partial charge in [0.1, 0.15) is 0 Å². The highest BCUT2D eigenvalue weighted by molar-refractivity contribution is 5.85. The minimum atomic E-state index is -1.04. The summed E-state index contributed by atoms with van der Waals surface area (Å²) in [6.07, 6.45) is 3.90. The molecule has 0 amide bonds. The number of aromatic carboxylic acids is 1. The lowest BCUT2D eigenvalue weighted by atomic mass is 9.85. The maximum atomic E-state index is 10.7. The van der Waals surface area contributed by atoms with E-state index < -0.39 is 5.97 Å². The Morgan fingerprint density at radius 1 is 1.47 bits per heavy atom. The number of carbonyl (C=O) groups is 1. The zero-order valence-corrected chi connectivity index (χ0v) is 9.96. The summed E-state index contributed by atoms with van der Waals surface area (Å²) in [5, 5.41) is 16.4. The molecule has 1 aliphatic rings. The molecule has 0 aromatic carbocycles. The first-order chi connectivity index (χ1) is 8.20. The van der Waals surface area contributed by atoms with Gasteiger partial charge in [-0.1, -0.05) is 6.42 Å². The molecule has 0 bridgehead atoms. The van der Waals surface area contributed by atoms with Crippen molar-refractivity contribution < 1.29 is 9.90 Å². The van der Waals surface area contributed by atoms with Crippen LogP contribution in [0.3, 0.4) is 0 Å². The smallest absolute Gasteiger partial charge is 0.356 e. The van der Waals surface area contributed by atoms with E-state index in [0.29, 0.717) is 0 Å². The van der Waals surface area contributed by atoms with Gasteiger partial charge in [-0.2, -0.15) is 0 Å². The first-order valence-corrected chi connectivity index (χ1v) is 6.02. The molecule has 1 aromatic heterocycles. The van der Waals surface area contributed by atoms with Gasteiger partial charge in [0.15, 0.2) is 11.5 Å². The molecule has 0 unspecified atom stereocenters. The Labute approximate surface area is 100 Å². The highest BCUT2D eigenvalue weighted by Gasteiger charge is 2.21. The number of anilines is 1. The van der Waals surface area contributed by atoms with E-state index in [9.17, 15) is 4.79 Å². The number of hydrogen-bond donors (Lipinski definition) is 1. The summed E-state index contributed by atoms with van der Waals surface area (Å²) in [6.45, 7) is 3.95. The molecule has 1 fully saturated rings. The lowest BCUT2D eigenvalue weighted by Gasteiger charge is -2.32. The van der Waals surface area contributed by atoms with Gasteiger partial charge in [0, 0.05) is 13.1 Å². The van der Waals surface area contributed by atoms with E-state index in [-0.39, 0.29) is 5.69 Å². The van der Waals surface area contributed by atoms with Gasteiger partial charge in [-0.05, 0) is 37.8 Å². The van der Waals surface area contributed by atoms with E-state index in [2.05, 4.69) is 22.0 Å². The number of nitrogens with zero attached hydrogens (tertiary/aromatic N) is 3. The van der Waals surface area contributed by atoms with E-state index in [0.717, 1.165) is 24.8 Å². The van der Waals surface area contributed by atoms with Crippen LogP contribution in [0.5, 0.6) is 0 Å². The maximum absolute atomic E-state index is 10.7. The first-order valence-electron chi connectivity index (χ1n) is 6.02. The van der Waals surface area contributed by atoms with Crippen LogP contribution in [0.25, 0.3) is 0 Å². The molecule has 1 heterocycles. The maximum Gasteiger partial charge on any atom is 0.356 e. The Morgan fingerprint density at radius 2 is 2.24 bits per heavy atom. The van der Waals surface area contributed by atoms with Crippen LogP contribution in [0.4, 0.5) is 5.82 Å². The van der Waals surface area contributed by atoms with Gasteiger partial charge < -0.3 is 10.0 Å². The first kappa shape index (κ1) is 11.8. The lowest BCUT2D eigenvalue weighted by molar-refractivity contribution is 0.0689. The number of carboxylic acids is 1. The van der Waals surface area contributed by atoms with E-state index in [1.807, 2.05) is 0 Å². The fraction of sp³-hybridized carbons (Fsp3) is 0.583. The molecule has 92 valence electrons. The quantitative estimate of drug-likeness (QED) is 0.843. The van der Waals surface area contributed by atoms with Crippen molar-refractivity contribution in [2.45, 2.75) is 26.2 Å². The molecule has 0 spiro atoms. The van der Waals surface area contributed by atoms with Crippen LogP contribution in [-0.2, 0) is 0 Å². The molecule has 1 N–H and O–H groups in total. The van der Waals surface area contributed by atoms with E-state index in [1.54, 1.807) is 6.07 Å². The molecular weight excluding hydrogens is 218 g/mol. The third-order valence-electron chi connectivity index (χ3n) is 3.28. The Hall–Kier alpha value is -1.65. The van der Waals surface area contributed by atoms with Crippen LogP contribution in [0, 0.1) is 5.92 Å². The molecule has 2 rings (SSSR count). The van der Waals surface area contributed by atoms with Crippen LogP contribution in [0.2, 0.25) is 0 Å². The van der Waals surface area contributed by atoms with Crippen molar-refractivity contribution in [1.82, 2.24) is 10.2 Å². The fourth-order valence-electron chi connectivity index (χ4n) is 1.98. The Morgan fingerprint density at radius 3 is 2.65 bits per heavy atom. The predicted octanol–water partition coefficient (Wildman–Crippen LogP) is 1.80. The average Bonchev–Trinajstić information content (AvgIpc) is 2.28. The molecule has 1 saturated carbocycles. The fourth-order valence-corrected chi connectivity index (χ4v) is 1.98. The van der Waals surface area contributed by atoms with Gasteiger partial charge in [0.25, 0.3) is 0 Å². The molecule has 1 aromatic rings. The van der Waals surface area contributed by atoms with Crippen LogP contribution in [0.1, 0.15) is 36.7 Å². The summed E-state index contributed by atoms with van der Waals surface area (Å²) in [7, 11) is 0. The molecule has 1 aliphatic carbocycles. The van der Waals surface area contributed by atoms with Crippen LogP contribution in [-0.4, -0.2) is 34.4 Å². The number of aromatic nitrogens is 2. The van der Waals surface area contributed by atoms with Gasteiger partial charge in [0.05, 0.1) is 0 Å². The summed E-state index contributed by atoms with van der Waals surface area (Å²) in [5.41, 5.74) is -0.00607. The largest absolute Gasteiger partial charge is 0.476 e. The minimum absolute atomic E-state index is 0.00607. The summed E-state index contributed by atoms with van der Waals surface area (Å²) >= 11 is 0. The van der Waals surface area contributed by atoms with Crippen LogP contribution in [0.15, 0.2) is 12.1 Å². The van der Waals surface area contributed by atoms with Gasteiger partial charge >= 0.3 is 5.97 Å². The van der Waals surface area contributed by atoms with E-state index in [4.69, 9.17) is 5.11 Å². The SMILES string of the molecule is CCN(CC1CCC1)c1ccc(C(=O)O)nn1. The average molecular weight is 235 g/mol. The summed E-state index contributed by atoms with van der Waals surface area (Å²) in [5.74, 6) is 0.492. The van der Waals surface area contributed by atoms with Crippen molar-refractivity contribution in [3.05, 3.63) is 17.8 Å². The van der Waals surface area contributed by atoms with Crippen molar-refractivity contribution in [3.63, 3.8) is 0 Å². The number of carboxylic acid groups (broad SMARTS) is 1. The second-order valence-corrected chi connectivity index (χ2v) is 4.42. The minimum Gasteiger partial charge on any atom is -0.476 e. The van der Waals surface area contributed by atoms with Gasteiger partial charge in [0.2, 0.25) is 0 Å². The second-order valence-electron chi connectivity index (χ2n) is 4.42. The van der Waals surface area contributed by atoms with Gasteiger partial charge in [-0.3, -0.25) is 0 Å². The standard InChI is InChI=1S/C12H17N3O2/c1-2-15(8-9-4-3-5-9)11-7-6-10(12(16)17)13-14-11/h6-7,9H,2-5,8H2,1H3,(H,16,17). The Balaban J connectivity index is 2.04. The molecule has 0 saturated heterocycles. The Bertz CT molecular complexity index is 387. The molecule has 0 radical (unpaired) electrons. The highest BCUT2D eigenvalue weighted by atomic mass is 16.4. The van der Waals surface area contributed by atoms with E-state index in [1.165, 1.54) is 25.3 Å². The monoisotopic (exact) mass is 235 g/mol. The summed E-state index contributed by atoms with van der Waals surface area (Å²) in [4.78, 5) is 12.8. The van der Waals surface area contributed by atoms with Gasteiger partial charge in [-0.15, -0.1) is 10.2 Å². The number of rotatable bonds is 5. The normalized spacial score (nSPS) is 15.4. The summed E-state index contributed by atoms with van der Waals surface area (Å²) < 4.78 is 0.